The molecule has 0 atom stereocenters. The molecule has 1 aliphatic rings. The third-order valence-corrected chi connectivity index (χ3v) is 5.07. The second-order valence-electron chi connectivity index (χ2n) is 6.94. The summed E-state index contributed by atoms with van der Waals surface area (Å²) < 4.78 is 1.38. The predicted octanol–water partition coefficient (Wildman–Crippen LogP) is 1.87. The van der Waals surface area contributed by atoms with Crippen LogP contribution in [0.15, 0.2) is 53.6 Å². The van der Waals surface area contributed by atoms with E-state index in [4.69, 9.17) is 0 Å². The van der Waals surface area contributed by atoms with Crippen molar-refractivity contribution < 1.29 is 9.72 Å². The number of fused-ring (bicyclic) bond motifs is 1. The molecule has 1 aliphatic heterocycles. The van der Waals surface area contributed by atoms with E-state index in [1.54, 1.807) is 35.4 Å². The van der Waals surface area contributed by atoms with Crippen molar-refractivity contribution in [3.05, 3.63) is 80.4 Å². The molecule has 1 saturated heterocycles. The molecule has 0 aliphatic carbocycles. The van der Waals surface area contributed by atoms with Crippen LogP contribution in [0, 0.1) is 17.0 Å². The molecule has 4 rings (SSSR count). The first-order valence-electron chi connectivity index (χ1n) is 9.21. The van der Waals surface area contributed by atoms with Gasteiger partial charge in [-0.25, -0.2) is 4.98 Å². The largest absolute Gasteiger partial charge is 0.362 e. The van der Waals surface area contributed by atoms with Gasteiger partial charge in [0.15, 0.2) is 0 Å². The van der Waals surface area contributed by atoms with E-state index in [9.17, 15) is 19.7 Å². The first-order chi connectivity index (χ1) is 14.0. The molecule has 9 nitrogen and oxygen atoms in total. The van der Waals surface area contributed by atoms with Crippen LogP contribution in [0.1, 0.15) is 15.9 Å². The number of nitro benzene ring substituents is 1. The lowest BCUT2D eigenvalue weighted by atomic mass is 10.2. The first kappa shape index (κ1) is 18.6. The van der Waals surface area contributed by atoms with Crippen LogP contribution in [-0.4, -0.2) is 51.3 Å². The molecule has 3 heterocycles. The number of aryl methyl sites for hydroxylation is 1. The van der Waals surface area contributed by atoms with Crippen molar-refractivity contribution in [2.75, 3.05) is 31.1 Å². The van der Waals surface area contributed by atoms with Crippen LogP contribution >= 0.6 is 0 Å². The standard InChI is InChI=1S/C20H19N5O4/c1-14-6-7-18-21-12-15(20(27)24(18)13-14)19(26)23-10-8-22(9-11-23)16-4-2-3-5-17(16)25(28)29/h2-7,12-13H,8-11H2,1H3. The molecule has 9 heteroatoms. The summed E-state index contributed by atoms with van der Waals surface area (Å²) in [5.74, 6) is -0.374. The van der Waals surface area contributed by atoms with Crippen LogP contribution in [0.2, 0.25) is 0 Å². The lowest BCUT2D eigenvalue weighted by Crippen LogP contribution is -2.50. The highest BCUT2D eigenvalue weighted by molar-refractivity contribution is 5.94. The molecule has 0 bridgehead atoms. The highest BCUT2D eigenvalue weighted by Crippen LogP contribution is 2.28. The zero-order valence-electron chi connectivity index (χ0n) is 15.8. The molecule has 3 aromatic rings. The molecule has 1 fully saturated rings. The zero-order chi connectivity index (χ0) is 20.5. The summed E-state index contributed by atoms with van der Waals surface area (Å²) in [6.07, 6.45) is 2.98. The number of piperazine rings is 1. The minimum atomic E-state index is -0.406. The SMILES string of the molecule is Cc1ccc2ncc(C(=O)N3CCN(c4ccccc4[N+](=O)[O-])CC3)c(=O)n2c1. The van der Waals surface area contributed by atoms with Gasteiger partial charge in [0.1, 0.15) is 16.9 Å². The van der Waals surface area contributed by atoms with Crippen LogP contribution < -0.4 is 10.5 Å². The Morgan fingerprint density at radius 2 is 1.83 bits per heavy atom. The number of benzene rings is 1. The number of hydrogen-bond donors (Lipinski definition) is 0. The van der Waals surface area contributed by atoms with Crippen molar-refractivity contribution >= 4 is 22.9 Å². The van der Waals surface area contributed by atoms with Gasteiger partial charge in [-0.15, -0.1) is 0 Å². The fourth-order valence-electron chi connectivity index (χ4n) is 3.54. The summed E-state index contributed by atoms with van der Waals surface area (Å²) in [4.78, 5) is 44.2. The Labute approximate surface area is 166 Å². The monoisotopic (exact) mass is 393 g/mol. The molecule has 1 aromatic carbocycles. The van der Waals surface area contributed by atoms with E-state index in [1.807, 2.05) is 17.9 Å². The molecule has 0 saturated carbocycles. The number of rotatable bonds is 3. The Morgan fingerprint density at radius 1 is 1.10 bits per heavy atom. The van der Waals surface area contributed by atoms with Crippen LogP contribution in [0.4, 0.5) is 11.4 Å². The van der Waals surface area contributed by atoms with Crippen molar-refractivity contribution in [1.82, 2.24) is 14.3 Å². The maximum absolute atomic E-state index is 12.9. The number of nitrogens with zero attached hydrogens (tertiary/aromatic N) is 5. The molecule has 148 valence electrons. The van der Waals surface area contributed by atoms with Crippen LogP contribution in [0.25, 0.3) is 5.65 Å². The van der Waals surface area contributed by atoms with Crippen LogP contribution in [-0.2, 0) is 0 Å². The molecule has 0 radical (unpaired) electrons. The number of nitro groups is 1. The number of anilines is 1. The van der Waals surface area contributed by atoms with Crippen LogP contribution in [0.5, 0.6) is 0 Å². The molecule has 0 unspecified atom stereocenters. The summed E-state index contributed by atoms with van der Waals surface area (Å²) in [5.41, 5.74) is 1.58. The fraction of sp³-hybridized carbons (Fsp3) is 0.250. The van der Waals surface area contributed by atoms with Crippen molar-refractivity contribution in [2.24, 2.45) is 0 Å². The van der Waals surface area contributed by atoms with Gasteiger partial charge in [-0.2, -0.15) is 0 Å². The Bertz CT molecular complexity index is 1160. The number of carbonyl (C=O) groups is 1. The summed E-state index contributed by atoms with van der Waals surface area (Å²) in [5, 5.41) is 11.3. The highest BCUT2D eigenvalue weighted by Gasteiger charge is 2.27. The van der Waals surface area contributed by atoms with Gasteiger partial charge in [0, 0.05) is 44.6 Å². The number of hydrogen-bond acceptors (Lipinski definition) is 6. The quantitative estimate of drug-likeness (QED) is 0.497. The van der Waals surface area contributed by atoms with Crippen molar-refractivity contribution in [3.8, 4) is 0 Å². The van der Waals surface area contributed by atoms with Gasteiger partial charge in [-0.3, -0.25) is 24.1 Å². The molecule has 2 aromatic heterocycles. The Balaban J connectivity index is 1.54. The smallest absolute Gasteiger partial charge is 0.292 e. The predicted molar refractivity (Wildman–Crippen MR) is 107 cm³/mol. The van der Waals surface area contributed by atoms with Gasteiger partial charge in [0.05, 0.1) is 4.92 Å². The third-order valence-electron chi connectivity index (χ3n) is 5.07. The molecular formula is C20H19N5O4. The molecular weight excluding hydrogens is 374 g/mol. The van der Waals surface area contributed by atoms with E-state index in [-0.39, 0.29) is 17.2 Å². The van der Waals surface area contributed by atoms with E-state index < -0.39 is 10.5 Å². The average molecular weight is 393 g/mol. The fourth-order valence-corrected chi connectivity index (χ4v) is 3.54. The second-order valence-corrected chi connectivity index (χ2v) is 6.94. The topological polar surface area (TPSA) is 101 Å². The van der Waals surface area contributed by atoms with Crippen molar-refractivity contribution in [3.63, 3.8) is 0 Å². The number of aromatic nitrogens is 2. The minimum Gasteiger partial charge on any atom is -0.362 e. The van der Waals surface area contributed by atoms with E-state index in [2.05, 4.69) is 4.98 Å². The summed E-state index contributed by atoms with van der Waals surface area (Å²) in [6.45, 7) is 3.47. The van der Waals surface area contributed by atoms with Crippen molar-refractivity contribution in [2.45, 2.75) is 6.92 Å². The van der Waals surface area contributed by atoms with Gasteiger partial charge in [0.25, 0.3) is 17.2 Å². The first-order valence-corrected chi connectivity index (χ1v) is 9.21. The normalized spacial score (nSPS) is 14.2. The zero-order valence-corrected chi connectivity index (χ0v) is 15.8. The summed E-state index contributed by atoms with van der Waals surface area (Å²) in [6, 6.07) is 10.1. The lowest BCUT2D eigenvalue weighted by Gasteiger charge is -2.35. The maximum atomic E-state index is 12.9. The van der Waals surface area contributed by atoms with Gasteiger partial charge in [-0.05, 0) is 24.6 Å². The van der Waals surface area contributed by atoms with E-state index in [0.717, 1.165) is 5.56 Å². The number of pyridine rings is 1. The highest BCUT2D eigenvalue weighted by atomic mass is 16.6. The molecule has 29 heavy (non-hydrogen) atoms. The van der Waals surface area contributed by atoms with E-state index in [1.165, 1.54) is 16.7 Å². The summed E-state index contributed by atoms with van der Waals surface area (Å²) in [7, 11) is 0. The van der Waals surface area contributed by atoms with Gasteiger partial charge in [-0.1, -0.05) is 18.2 Å². The maximum Gasteiger partial charge on any atom is 0.292 e. The molecule has 1 amide bonds. The summed E-state index contributed by atoms with van der Waals surface area (Å²) >= 11 is 0. The second kappa shape index (κ2) is 7.34. The molecule has 0 N–H and O–H groups in total. The average Bonchev–Trinajstić information content (AvgIpc) is 2.74. The number of amides is 1. The van der Waals surface area contributed by atoms with Gasteiger partial charge >= 0.3 is 0 Å². The lowest BCUT2D eigenvalue weighted by molar-refractivity contribution is -0.384. The van der Waals surface area contributed by atoms with Gasteiger partial charge < -0.3 is 9.80 Å². The number of para-hydroxylation sites is 2. The van der Waals surface area contributed by atoms with Gasteiger partial charge in [0.2, 0.25) is 0 Å². The molecule has 0 spiro atoms. The van der Waals surface area contributed by atoms with Crippen LogP contribution in [0.3, 0.4) is 0 Å². The number of carbonyl (C=O) groups excluding carboxylic acids is 1. The Hall–Kier alpha value is -3.75. The minimum absolute atomic E-state index is 0.0206. The van der Waals surface area contributed by atoms with E-state index in [0.29, 0.717) is 37.5 Å². The third kappa shape index (κ3) is 3.42. The van der Waals surface area contributed by atoms with Crippen molar-refractivity contribution in [1.29, 1.82) is 0 Å². The Morgan fingerprint density at radius 3 is 2.55 bits per heavy atom. The van der Waals surface area contributed by atoms with E-state index >= 15 is 0 Å². The Kier molecular flexibility index (Phi) is 4.71.